The van der Waals surface area contributed by atoms with Gasteiger partial charge in [0.1, 0.15) is 0 Å². The minimum Gasteiger partial charge on any atom is -0.321 e. The van der Waals surface area contributed by atoms with Crippen LogP contribution in [0.4, 0.5) is 13.2 Å². The number of hydrogen-bond acceptors (Lipinski definition) is 2. The van der Waals surface area contributed by atoms with E-state index in [-0.39, 0.29) is 6.42 Å². The molecule has 0 bridgehead atoms. The molecule has 1 aromatic rings. The summed E-state index contributed by atoms with van der Waals surface area (Å²) in [6.07, 6.45) is -2.89. The van der Waals surface area contributed by atoms with Crippen molar-refractivity contribution in [2.75, 3.05) is 19.6 Å². The third kappa shape index (κ3) is 3.61. The molecule has 1 aliphatic heterocycles. The first-order valence-corrected chi connectivity index (χ1v) is 6.62. The molecule has 1 unspecified atom stereocenters. The van der Waals surface area contributed by atoms with E-state index in [0.29, 0.717) is 19.6 Å². The molecule has 0 spiro atoms. The Morgan fingerprint density at radius 1 is 1.20 bits per heavy atom. The Bertz CT molecular complexity index is 478. The summed E-state index contributed by atoms with van der Waals surface area (Å²) in [5.74, 6) is 0. The summed E-state index contributed by atoms with van der Waals surface area (Å²) in [7, 11) is 0. The summed E-state index contributed by atoms with van der Waals surface area (Å²) in [6, 6.07) is 9.64. The van der Waals surface area contributed by atoms with Crippen LogP contribution in [0.3, 0.4) is 0 Å². The zero-order valence-electron chi connectivity index (χ0n) is 11.5. The summed E-state index contributed by atoms with van der Waals surface area (Å²) < 4.78 is 37.7. The van der Waals surface area contributed by atoms with Crippen molar-refractivity contribution < 1.29 is 13.2 Å². The number of alkyl halides is 3. The van der Waals surface area contributed by atoms with Crippen LogP contribution in [-0.2, 0) is 5.54 Å². The second kappa shape index (κ2) is 5.58. The molecule has 0 fully saturated rings. The van der Waals surface area contributed by atoms with Crippen LogP contribution in [0, 0.1) is 0 Å². The molecular weight excluding hydrogens is 265 g/mol. The third-order valence-corrected chi connectivity index (χ3v) is 3.64. The SMILES string of the molecule is CC(N)(CN1CC=C(C(F)(F)F)CC1)c1ccccc1. The van der Waals surface area contributed by atoms with Crippen LogP contribution < -0.4 is 5.73 Å². The third-order valence-electron chi connectivity index (χ3n) is 3.64. The maximum atomic E-state index is 12.6. The molecule has 0 aliphatic carbocycles. The van der Waals surface area contributed by atoms with Gasteiger partial charge in [-0.3, -0.25) is 4.90 Å². The first kappa shape index (κ1) is 15.1. The highest BCUT2D eigenvalue weighted by molar-refractivity contribution is 5.24. The molecule has 2 nitrogen and oxygen atoms in total. The summed E-state index contributed by atoms with van der Waals surface area (Å²) in [5.41, 5.74) is 6.31. The fraction of sp³-hybridized carbons (Fsp3) is 0.467. The second-order valence-corrected chi connectivity index (χ2v) is 5.50. The molecule has 0 saturated heterocycles. The maximum Gasteiger partial charge on any atom is 0.412 e. The highest BCUT2D eigenvalue weighted by atomic mass is 19.4. The van der Waals surface area contributed by atoms with E-state index in [4.69, 9.17) is 5.73 Å². The smallest absolute Gasteiger partial charge is 0.321 e. The van der Waals surface area contributed by atoms with E-state index in [1.165, 1.54) is 6.08 Å². The number of benzene rings is 1. The highest BCUT2D eigenvalue weighted by Gasteiger charge is 2.35. The van der Waals surface area contributed by atoms with E-state index in [9.17, 15) is 13.2 Å². The van der Waals surface area contributed by atoms with Gasteiger partial charge in [0.2, 0.25) is 0 Å². The predicted molar refractivity (Wildman–Crippen MR) is 73.2 cm³/mol. The maximum absolute atomic E-state index is 12.6. The van der Waals surface area contributed by atoms with Gasteiger partial charge in [0.25, 0.3) is 0 Å². The van der Waals surface area contributed by atoms with Crippen LogP contribution in [0.15, 0.2) is 42.0 Å². The van der Waals surface area contributed by atoms with Crippen molar-refractivity contribution in [3.63, 3.8) is 0 Å². The summed E-state index contributed by atoms with van der Waals surface area (Å²) in [4.78, 5) is 1.96. The highest BCUT2D eigenvalue weighted by Crippen LogP contribution is 2.30. The molecule has 1 heterocycles. The molecule has 1 aliphatic rings. The number of nitrogens with two attached hydrogens (primary N) is 1. The van der Waals surface area contributed by atoms with Crippen molar-refractivity contribution in [1.82, 2.24) is 4.90 Å². The molecule has 20 heavy (non-hydrogen) atoms. The summed E-state index contributed by atoms with van der Waals surface area (Å²) >= 11 is 0. The first-order chi connectivity index (χ1) is 9.29. The lowest BCUT2D eigenvalue weighted by Crippen LogP contribution is -2.47. The topological polar surface area (TPSA) is 29.3 Å². The normalized spacial score (nSPS) is 20.4. The fourth-order valence-corrected chi connectivity index (χ4v) is 2.49. The quantitative estimate of drug-likeness (QED) is 0.864. The molecule has 2 rings (SSSR count). The summed E-state index contributed by atoms with van der Waals surface area (Å²) in [5, 5.41) is 0. The van der Waals surface area contributed by atoms with Crippen molar-refractivity contribution in [2.45, 2.75) is 25.1 Å². The van der Waals surface area contributed by atoms with E-state index in [2.05, 4.69) is 0 Å². The number of hydrogen-bond donors (Lipinski definition) is 1. The van der Waals surface area contributed by atoms with Crippen molar-refractivity contribution in [3.05, 3.63) is 47.5 Å². The van der Waals surface area contributed by atoms with Crippen LogP contribution in [0.2, 0.25) is 0 Å². The van der Waals surface area contributed by atoms with Gasteiger partial charge in [0, 0.05) is 25.2 Å². The lowest BCUT2D eigenvalue weighted by molar-refractivity contribution is -0.0961. The largest absolute Gasteiger partial charge is 0.412 e. The molecular formula is C15H19F3N2. The second-order valence-electron chi connectivity index (χ2n) is 5.50. The van der Waals surface area contributed by atoms with E-state index >= 15 is 0 Å². The Hall–Kier alpha value is -1.33. The van der Waals surface area contributed by atoms with E-state index in [1.807, 2.05) is 42.2 Å². The van der Waals surface area contributed by atoms with Gasteiger partial charge >= 0.3 is 6.18 Å². The van der Waals surface area contributed by atoms with Crippen molar-refractivity contribution in [2.24, 2.45) is 5.73 Å². The molecule has 1 atom stereocenters. The van der Waals surface area contributed by atoms with Gasteiger partial charge in [-0.25, -0.2) is 0 Å². The average molecular weight is 284 g/mol. The van der Waals surface area contributed by atoms with Gasteiger partial charge in [0.15, 0.2) is 0 Å². The lowest BCUT2D eigenvalue weighted by Gasteiger charge is -2.34. The van der Waals surface area contributed by atoms with Crippen LogP contribution in [0.5, 0.6) is 0 Å². The Morgan fingerprint density at radius 2 is 1.85 bits per heavy atom. The minimum atomic E-state index is -4.20. The molecule has 110 valence electrons. The van der Waals surface area contributed by atoms with Gasteiger partial charge in [-0.2, -0.15) is 13.2 Å². The van der Waals surface area contributed by atoms with Crippen molar-refractivity contribution >= 4 is 0 Å². The van der Waals surface area contributed by atoms with Gasteiger partial charge < -0.3 is 5.73 Å². The fourth-order valence-electron chi connectivity index (χ4n) is 2.49. The minimum absolute atomic E-state index is 0.0361. The van der Waals surface area contributed by atoms with E-state index in [0.717, 1.165) is 5.56 Å². The molecule has 2 N–H and O–H groups in total. The molecule has 0 amide bonds. The van der Waals surface area contributed by atoms with E-state index in [1.54, 1.807) is 0 Å². The van der Waals surface area contributed by atoms with E-state index < -0.39 is 17.3 Å². The number of rotatable bonds is 3. The average Bonchev–Trinajstić information content (AvgIpc) is 2.39. The molecule has 0 saturated carbocycles. The van der Waals surface area contributed by atoms with Crippen molar-refractivity contribution in [3.8, 4) is 0 Å². The van der Waals surface area contributed by atoms with Crippen LogP contribution in [0.1, 0.15) is 18.9 Å². The van der Waals surface area contributed by atoms with Gasteiger partial charge in [-0.1, -0.05) is 36.4 Å². The molecule has 0 aromatic heterocycles. The predicted octanol–water partition coefficient (Wildman–Crippen LogP) is 3.05. The van der Waals surface area contributed by atoms with Crippen molar-refractivity contribution in [1.29, 1.82) is 0 Å². The van der Waals surface area contributed by atoms with Crippen LogP contribution in [0.25, 0.3) is 0 Å². The zero-order chi connectivity index (χ0) is 14.8. The van der Waals surface area contributed by atoms with Gasteiger partial charge in [-0.15, -0.1) is 0 Å². The molecule has 0 radical (unpaired) electrons. The van der Waals surface area contributed by atoms with Crippen LogP contribution >= 0.6 is 0 Å². The Kier molecular flexibility index (Phi) is 4.20. The van der Waals surface area contributed by atoms with Gasteiger partial charge in [-0.05, 0) is 18.9 Å². The monoisotopic (exact) mass is 284 g/mol. The number of halogens is 3. The molecule has 1 aromatic carbocycles. The van der Waals surface area contributed by atoms with Gasteiger partial charge in [0.05, 0.1) is 5.54 Å². The zero-order valence-corrected chi connectivity index (χ0v) is 11.5. The first-order valence-electron chi connectivity index (χ1n) is 6.62. The van der Waals surface area contributed by atoms with Crippen LogP contribution in [-0.4, -0.2) is 30.7 Å². The Labute approximate surface area is 117 Å². The standard InChI is InChI=1S/C15H19F3N2/c1-14(19,12-5-3-2-4-6-12)11-20-9-7-13(8-10-20)15(16,17)18/h2-7H,8-11,19H2,1H3. The summed E-state index contributed by atoms with van der Waals surface area (Å²) in [6.45, 7) is 3.14. The molecule has 5 heteroatoms. The Morgan fingerprint density at radius 3 is 2.35 bits per heavy atom. The number of nitrogens with zero attached hydrogens (tertiary/aromatic N) is 1. The lowest BCUT2D eigenvalue weighted by atomic mass is 9.92. The Balaban J connectivity index is 2.01.